The number of carboxylic acid groups (broad SMARTS) is 1. The van der Waals surface area contributed by atoms with Crippen molar-refractivity contribution in [3.63, 3.8) is 0 Å². The van der Waals surface area contributed by atoms with Crippen molar-refractivity contribution < 1.29 is 56.5 Å². The summed E-state index contributed by atoms with van der Waals surface area (Å²) < 4.78 is 42.4. The van der Waals surface area contributed by atoms with Crippen molar-refractivity contribution in [2.24, 2.45) is 10.7 Å². The molecule has 2 unspecified atom stereocenters. The third kappa shape index (κ3) is 33.4. The Labute approximate surface area is 440 Å². The van der Waals surface area contributed by atoms with Gasteiger partial charge in [0.2, 0.25) is 34.2 Å². The molecule has 0 fully saturated rings. The van der Waals surface area contributed by atoms with Crippen molar-refractivity contribution in [3.8, 4) is 5.75 Å². The second-order valence-corrected chi connectivity index (χ2v) is 19.6. The zero-order chi connectivity index (χ0) is 56.9. The maximum absolute atomic E-state index is 12.6. The number of ether oxygens (including phenoxy) is 3. The molecule has 1 aliphatic heterocycles. The molecule has 21 heteroatoms. The van der Waals surface area contributed by atoms with Gasteiger partial charge in [0.25, 0.3) is 0 Å². The maximum Gasteiger partial charge on any atom is 0.321 e. The van der Waals surface area contributed by atoms with E-state index in [1.54, 1.807) is 48.8 Å². The average molecular weight is 1060 g/mol. The Morgan fingerprint density at radius 3 is 2.05 bits per heavy atom. The molecule has 4 amide bonds. The van der Waals surface area contributed by atoms with E-state index in [0.717, 1.165) is 61.5 Å². The highest BCUT2D eigenvalue weighted by atomic mass is 32.2. The number of hydrogen-bond donors (Lipinski definition) is 8. The summed E-state index contributed by atoms with van der Waals surface area (Å²) in [5.74, 6) is -1.53. The van der Waals surface area contributed by atoms with Gasteiger partial charge in [-0.05, 0) is 134 Å². The van der Waals surface area contributed by atoms with Gasteiger partial charge in [-0.3, -0.25) is 33.8 Å². The predicted molar refractivity (Wildman–Crippen MR) is 293 cm³/mol. The summed E-state index contributed by atoms with van der Waals surface area (Å²) in [5.41, 5.74) is 9.69. The molecular formula is C53H88N8O12S. The number of aliphatic carboxylic acids is 1. The van der Waals surface area contributed by atoms with Crippen LogP contribution in [0.25, 0.3) is 0 Å². The lowest BCUT2D eigenvalue weighted by Gasteiger charge is -2.21. The summed E-state index contributed by atoms with van der Waals surface area (Å²) in [7, 11) is -0.818. The Kier molecular flexibility index (Phi) is 36.9. The van der Waals surface area contributed by atoms with Crippen molar-refractivity contribution in [3.05, 3.63) is 77.4 Å². The SMILES string of the molecule is C=CCCC(=C)C.CC.COC.Cc1cc(CC(N)=O)ccc1NCCNC1=NCCCC1.Cc1cc(OCCCC(=O)NCNC(=O)C(CCC(=O)OC(C)(C)C)NC=O)cc(C)c1S(=O)(=O)NC(C)C(=O)O. The Morgan fingerprint density at radius 1 is 0.932 bits per heavy atom. The van der Waals surface area contributed by atoms with E-state index in [0.29, 0.717) is 36.1 Å². The van der Waals surface area contributed by atoms with Crippen LogP contribution in [-0.2, 0) is 54.7 Å². The van der Waals surface area contributed by atoms with Gasteiger partial charge in [0.15, 0.2) is 0 Å². The first-order valence-corrected chi connectivity index (χ1v) is 26.3. The fraction of sp³-hybridized carbons (Fsp3) is 0.566. The monoisotopic (exact) mass is 1060 g/mol. The molecule has 2 atom stereocenters. The van der Waals surface area contributed by atoms with Crippen molar-refractivity contribution in [2.75, 3.05) is 52.4 Å². The Hall–Kier alpha value is -6.32. The average Bonchev–Trinajstić information content (AvgIpc) is 3.31. The van der Waals surface area contributed by atoms with Crippen LogP contribution in [0.5, 0.6) is 5.75 Å². The molecule has 3 rings (SSSR count). The lowest BCUT2D eigenvalue weighted by Crippen LogP contribution is -2.47. The minimum atomic E-state index is -4.07. The van der Waals surface area contributed by atoms with Crippen LogP contribution in [0.3, 0.4) is 0 Å². The topological polar surface area (TPSA) is 295 Å². The molecule has 0 saturated carbocycles. The molecule has 0 aromatic heterocycles. The number of nitrogens with two attached hydrogens (primary N) is 1. The standard InChI is InChI=1S/C26H40N4O10S.C16H24N4O.C7H12.C2H6O.C2H6/c1-16-12-19(13-17(2)23(16)41(37,38)30-18(3)25(35)36)39-11-7-8-21(32)27-14-28-24(34)20(29-15-31)9-10-22(33)40-26(4,5)6;1-12-10-13(11-15(17)21)5-6-14(12)18-8-9-20-16-4-2-3-7-19-16;1-4-5-6-7(2)3;1-3-2;1-2/h12-13,15,18,20,30H,7-11,14H2,1-6H3,(H,27,32)(H,28,34)(H,29,31)(H,35,36);5-6,10,18H,2-4,7-9,11H2,1H3,(H2,17,21)(H,19,20);4H,1-2,5-6H2,3H3;1-2H3;1-2H3. The molecule has 0 spiro atoms. The first kappa shape index (κ1) is 69.8. The smallest absolute Gasteiger partial charge is 0.321 e. The zero-order valence-corrected chi connectivity index (χ0v) is 46.9. The number of allylic oxidation sites excluding steroid dienone is 2. The quantitative estimate of drug-likeness (QED) is 0.0175. The number of amides is 4. The number of carbonyl (C=O) groups excluding carboxylic acids is 5. The third-order valence-corrected chi connectivity index (χ3v) is 11.6. The van der Waals surface area contributed by atoms with Gasteiger partial charge < -0.3 is 51.6 Å². The molecule has 0 saturated heterocycles. The van der Waals surface area contributed by atoms with Gasteiger partial charge in [0, 0.05) is 58.8 Å². The highest BCUT2D eigenvalue weighted by Crippen LogP contribution is 2.26. The number of sulfonamides is 1. The van der Waals surface area contributed by atoms with Gasteiger partial charge in [0.05, 0.1) is 30.4 Å². The Bertz CT molecular complexity index is 2190. The Morgan fingerprint density at radius 2 is 1.55 bits per heavy atom. The third-order valence-electron chi connectivity index (χ3n) is 9.75. The van der Waals surface area contributed by atoms with Crippen molar-refractivity contribution >= 4 is 57.6 Å². The lowest BCUT2D eigenvalue weighted by atomic mass is 10.1. The number of esters is 1. The van der Waals surface area contributed by atoms with Crippen LogP contribution in [-0.4, -0.2) is 120 Å². The molecule has 0 bridgehead atoms. The number of primary amides is 1. The van der Waals surface area contributed by atoms with Gasteiger partial charge in [-0.15, -0.1) is 13.2 Å². The van der Waals surface area contributed by atoms with Crippen molar-refractivity contribution in [2.45, 2.75) is 156 Å². The van der Waals surface area contributed by atoms with Crippen LogP contribution in [0.15, 0.2) is 65.0 Å². The number of amidine groups is 1. The van der Waals surface area contributed by atoms with Crippen LogP contribution < -0.4 is 41.8 Å². The minimum absolute atomic E-state index is 0.0224. The highest BCUT2D eigenvalue weighted by Gasteiger charge is 2.26. The van der Waals surface area contributed by atoms with Gasteiger partial charge in [-0.2, -0.15) is 4.72 Å². The van der Waals surface area contributed by atoms with Crippen LogP contribution in [0.1, 0.15) is 129 Å². The van der Waals surface area contributed by atoms with Gasteiger partial charge in [0.1, 0.15) is 23.4 Å². The summed E-state index contributed by atoms with van der Waals surface area (Å²) in [4.78, 5) is 73.5. The van der Waals surface area contributed by atoms with Crippen LogP contribution in [0.4, 0.5) is 5.69 Å². The summed E-state index contributed by atoms with van der Waals surface area (Å²) in [6, 6.07) is 6.70. The van der Waals surface area contributed by atoms with E-state index in [9.17, 15) is 37.2 Å². The second-order valence-electron chi connectivity index (χ2n) is 17.9. The summed E-state index contributed by atoms with van der Waals surface area (Å²) in [6.45, 7) is 27.5. The largest absolute Gasteiger partial charge is 0.494 e. The van der Waals surface area contributed by atoms with Crippen LogP contribution in [0.2, 0.25) is 0 Å². The lowest BCUT2D eigenvalue weighted by molar-refractivity contribution is -0.155. The molecule has 0 aliphatic carbocycles. The molecular weight excluding hydrogens is 973 g/mol. The molecule has 0 radical (unpaired) electrons. The van der Waals surface area contributed by atoms with Crippen LogP contribution in [0, 0.1) is 20.8 Å². The van der Waals surface area contributed by atoms with E-state index in [1.165, 1.54) is 37.5 Å². The molecule has 20 nitrogen and oxygen atoms in total. The highest BCUT2D eigenvalue weighted by molar-refractivity contribution is 7.89. The number of hydrogen-bond acceptors (Lipinski definition) is 14. The molecule has 2 aromatic rings. The zero-order valence-electron chi connectivity index (χ0n) is 46.1. The van der Waals surface area contributed by atoms with Crippen molar-refractivity contribution in [1.82, 2.24) is 26.0 Å². The van der Waals surface area contributed by atoms with E-state index in [2.05, 4.69) is 54.2 Å². The van der Waals surface area contributed by atoms with Gasteiger partial charge in [-0.25, -0.2) is 8.42 Å². The summed E-state index contributed by atoms with van der Waals surface area (Å²) in [6.07, 6.45) is 8.56. The molecule has 1 heterocycles. The van der Waals surface area contributed by atoms with E-state index in [1.807, 2.05) is 52.0 Å². The fourth-order valence-corrected chi connectivity index (χ4v) is 8.13. The number of rotatable bonds is 26. The normalized spacial score (nSPS) is 12.4. The predicted octanol–water partition coefficient (Wildman–Crippen LogP) is 6.06. The van der Waals surface area contributed by atoms with E-state index in [4.69, 9.17) is 20.3 Å². The number of anilines is 1. The number of benzene rings is 2. The molecule has 9 N–H and O–H groups in total. The van der Waals surface area contributed by atoms with E-state index in [-0.39, 0.29) is 49.2 Å². The fourth-order valence-electron chi connectivity index (χ4n) is 6.48. The number of nitrogens with zero attached hydrogens (tertiary/aromatic N) is 1. The van der Waals surface area contributed by atoms with Crippen LogP contribution >= 0.6 is 0 Å². The number of aryl methyl sites for hydroxylation is 3. The number of nitrogens with one attached hydrogen (secondary N) is 6. The molecule has 1 aliphatic rings. The molecule has 74 heavy (non-hydrogen) atoms. The maximum atomic E-state index is 12.6. The number of carboxylic acids is 1. The van der Waals surface area contributed by atoms with E-state index < -0.39 is 45.6 Å². The summed E-state index contributed by atoms with van der Waals surface area (Å²) >= 11 is 0. The Balaban J connectivity index is 0. The number of carbonyl (C=O) groups is 6. The van der Waals surface area contributed by atoms with Gasteiger partial charge in [-0.1, -0.05) is 37.6 Å². The van der Waals surface area contributed by atoms with Gasteiger partial charge >= 0.3 is 11.9 Å². The first-order chi connectivity index (χ1) is 34.8. The first-order valence-electron chi connectivity index (χ1n) is 24.8. The van der Waals surface area contributed by atoms with Crippen molar-refractivity contribution in [1.29, 1.82) is 0 Å². The molecule has 2 aromatic carbocycles. The number of aliphatic imine (C=N–C) groups is 1. The second kappa shape index (κ2) is 39.2. The number of methoxy groups -OCH3 is 1. The molecule has 418 valence electrons. The summed E-state index contributed by atoms with van der Waals surface area (Å²) in [5, 5.41) is 23.1. The minimum Gasteiger partial charge on any atom is -0.494 e. The van der Waals surface area contributed by atoms with E-state index >= 15 is 0 Å².